The van der Waals surface area contributed by atoms with Gasteiger partial charge in [-0.15, -0.1) is 0 Å². The predicted octanol–water partition coefficient (Wildman–Crippen LogP) is 5.24. The molecule has 0 heterocycles. The molecule has 0 atom stereocenters. The van der Waals surface area contributed by atoms with Gasteiger partial charge >= 0.3 is 6.03 Å². The van der Waals surface area contributed by atoms with Crippen molar-refractivity contribution in [1.29, 1.82) is 0 Å². The molecule has 0 saturated carbocycles. The largest absolute Gasteiger partial charge is 0.491 e. The lowest BCUT2D eigenvalue weighted by atomic mass is 10.0. The fourth-order valence-electron chi connectivity index (χ4n) is 2.29. The highest BCUT2D eigenvalue weighted by atomic mass is 16.5. The molecular formula is C19H24N2O2. The highest BCUT2D eigenvalue weighted by Crippen LogP contribution is 2.24. The summed E-state index contributed by atoms with van der Waals surface area (Å²) in [6.45, 7) is 8.16. The third kappa shape index (κ3) is 5.02. The molecule has 0 fully saturated rings. The quantitative estimate of drug-likeness (QED) is 0.793. The van der Waals surface area contributed by atoms with Crippen molar-refractivity contribution in [1.82, 2.24) is 0 Å². The Morgan fingerprint density at radius 3 is 2.17 bits per heavy atom. The Morgan fingerprint density at radius 2 is 1.57 bits per heavy atom. The number of amides is 2. The number of carbonyl (C=O) groups is 1. The minimum absolute atomic E-state index is 0.129. The lowest BCUT2D eigenvalue weighted by molar-refractivity contribution is 0.242. The topological polar surface area (TPSA) is 50.4 Å². The van der Waals surface area contributed by atoms with E-state index in [4.69, 9.17) is 4.74 Å². The maximum Gasteiger partial charge on any atom is 0.323 e. The molecule has 0 aliphatic carbocycles. The van der Waals surface area contributed by atoms with E-state index in [0.29, 0.717) is 5.92 Å². The Balaban J connectivity index is 2.00. The van der Waals surface area contributed by atoms with Gasteiger partial charge in [0.2, 0.25) is 0 Å². The number of nitrogens with one attached hydrogen (secondary N) is 2. The van der Waals surface area contributed by atoms with E-state index < -0.39 is 0 Å². The summed E-state index contributed by atoms with van der Waals surface area (Å²) >= 11 is 0. The molecule has 4 heteroatoms. The Kier molecular flexibility index (Phi) is 5.63. The average molecular weight is 312 g/mol. The Bertz CT molecular complexity index is 649. The second-order valence-electron chi connectivity index (χ2n) is 6.01. The molecule has 0 aromatic heterocycles. The fraction of sp³-hybridized carbons (Fsp3) is 0.316. The Labute approximate surface area is 137 Å². The van der Waals surface area contributed by atoms with Gasteiger partial charge in [0.1, 0.15) is 5.75 Å². The van der Waals surface area contributed by atoms with E-state index in [1.165, 1.54) is 0 Å². The van der Waals surface area contributed by atoms with Crippen LogP contribution in [-0.2, 0) is 0 Å². The SMILES string of the molecule is CC(C)Oc1ccc(NC(=O)Nc2ccccc2C(C)C)cc1. The third-order valence-corrected chi connectivity index (χ3v) is 3.31. The molecule has 0 spiro atoms. The number of para-hydroxylation sites is 1. The smallest absolute Gasteiger partial charge is 0.323 e. The predicted molar refractivity (Wildman–Crippen MR) is 95.4 cm³/mol. The first-order valence-corrected chi connectivity index (χ1v) is 7.89. The number of hydrogen-bond donors (Lipinski definition) is 2. The molecule has 2 aromatic rings. The summed E-state index contributed by atoms with van der Waals surface area (Å²) in [7, 11) is 0. The summed E-state index contributed by atoms with van der Waals surface area (Å²) in [5.41, 5.74) is 2.67. The van der Waals surface area contributed by atoms with Gasteiger partial charge in [-0.3, -0.25) is 0 Å². The van der Waals surface area contributed by atoms with E-state index in [-0.39, 0.29) is 12.1 Å². The molecule has 0 radical (unpaired) electrons. The van der Waals surface area contributed by atoms with Crippen molar-refractivity contribution in [2.24, 2.45) is 0 Å². The van der Waals surface area contributed by atoms with Crippen molar-refractivity contribution in [2.45, 2.75) is 39.7 Å². The lowest BCUT2D eigenvalue weighted by Gasteiger charge is -2.14. The fourth-order valence-corrected chi connectivity index (χ4v) is 2.29. The zero-order chi connectivity index (χ0) is 16.8. The van der Waals surface area contributed by atoms with Crippen LogP contribution in [0.5, 0.6) is 5.75 Å². The van der Waals surface area contributed by atoms with Crippen molar-refractivity contribution >= 4 is 17.4 Å². The first-order chi connectivity index (χ1) is 11.0. The standard InChI is InChI=1S/C19H24N2O2/c1-13(2)17-7-5-6-8-18(17)21-19(22)20-15-9-11-16(12-10-15)23-14(3)4/h5-14H,1-4H3,(H2,20,21,22). The van der Waals surface area contributed by atoms with Gasteiger partial charge in [-0.2, -0.15) is 0 Å². The summed E-state index contributed by atoms with van der Waals surface area (Å²) < 4.78 is 5.58. The highest BCUT2D eigenvalue weighted by molar-refractivity contribution is 6.00. The van der Waals surface area contributed by atoms with E-state index >= 15 is 0 Å². The number of ether oxygens (including phenoxy) is 1. The van der Waals surface area contributed by atoms with E-state index in [2.05, 4.69) is 24.5 Å². The second kappa shape index (κ2) is 7.68. The van der Waals surface area contributed by atoms with E-state index in [9.17, 15) is 4.79 Å². The molecule has 0 unspecified atom stereocenters. The summed E-state index contributed by atoms with van der Waals surface area (Å²) in [6, 6.07) is 14.9. The zero-order valence-corrected chi connectivity index (χ0v) is 14.1. The molecule has 2 rings (SSSR count). The van der Waals surface area contributed by atoms with Gasteiger partial charge < -0.3 is 15.4 Å². The van der Waals surface area contributed by atoms with Gasteiger partial charge in [-0.05, 0) is 55.7 Å². The Morgan fingerprint density at radius 1 is 0.913 bits per heavy atom. The van der Waals surface area contributed by atoms with Crippen molar-refractivity contribution < 1.29 is 9.53 Å². The average Bonchev–Trinajstić information content (AvgIpc) is 2.49. The molecule has 0 aliphatic rings. The number of hydrogen-bond acceptors (Lipinski definition) is 2. The van der Waals surface area contributed by atoms with Crippen LogP contribution in [0.15, 0.2) is 48.5 Å². The van der Waals surface area contributed by atoms with Crippen LogP contribution in [0.3, 0.4) is 0 Å². The van der Waals surface area contributed by atoms with E-state index in [0.717, 1.165) is 22.7 Å². The maximum atomic E-state index is 12.2. The molecule has 122 valence electrons. The first-order valence-electron chi connectivity index (χ1n) is 7.89. The van der Waals surface area contributed by atoms with Crippen LogP contribution in [0.1, 0.15) is 39.2 Å². The molecule has 23 heavy (non-hydrogen) atoms. The van der Waals surface area contributed by atoms with Gasteiger partial charge in [0, 0.05) is 11.4 Å². The zero-order valence-electron chi connectivity index (χ0n) is 14.1. The molecule has 0 saturated heterocycles. The molecule has 2 amide bonds. The molecule has 4 nitrogen and oxygen atoms in total. The molecule has 2 aromatic carbocycles. The lowest BCUT2D eigenvalue weighted by Crippen LogP contribution is -2.20. The minimum atomic E-state index is -0.254. The minimum Gasteiger partial charge on any atom is -0.491 e. The monoisotopic (exact) mass is 312 g/mol. The molecular weight excluding hydrogens is 288 g/mol. The van der Waals surface area contributed by atoms with Crippen LogP contribution in [0.2, 0.25) is 0 Å². The second-order valence-corrected chi connectivity index (χ2v) is 6.01. The summed E-state index contributed by atoms with van der Waals surface area (Å²) in [6.07, 6.45) is 0.129. The van der Waals surface area contributed by atoms with Crippen LogP contribution in [-0.4, -0.2) is 12.1 Å². The number of rotatable bonds is 5. The number of urea groups is 1. The van der Waals surface area contributed by atoms with Crippen molar-refractivity contribution in [3.05, 3.63) is 54.1 Å². The summed E-state index contributed by atoms with van der Waals surface area (Å²) in [5, 5.41) is 5.74. The summed E-state index contributed by atoms with van der Waals surface area (Å²) in [5.74, 6) is 1.13. The third-order valence-electron chi connectivity index (χ3n) is 3.31. The Hall–Kier alpha value is -2.49. The van der Waals surface area contributed by atoms with Gasteiger partial charge in [0.05, 0.1) is 6.10 Å². The van der Waals surface area contributed by atoms with Crippen LogP contribution in [0, 0.1) is 0 Å². The van der Waals surface area contributed by atoms with Gasteiger partial charge in [0.15, 0.2) is 0 Å². The van der Waals surface area contributed by atoms with Crippen LogP contribution in [0.25, 0.3) is 0 Å². The molecule has 0 aliphatic heterocycles. The summed E-state index contributed by atoms with van der Waals surface area (Å²) in [4.78, 5) is 12.2. The normalized spacial score (nSPS) is 10.7. The molecule has 2 N–H and O–H groups in total. The van der Waals surface area contributed by atoms with Crippen molar-refractivity contribution in [2.75, 3.05) is 10.6 Å². The van der Waals surface area contributed by atoms with Gasteiger partial charge in [-0.1, -0.05) is 32.0 Å². The van der Waals surface area contributed by atoms with Crippen LogP contribution >= 0.6 is 0 Å². The van der Waals surface area contributed by atoms with Gasteiger partial charge in [0.25, 0.3) is 0 Å². The number of anilines is 2. The first kappa shape index (κ1) is 16.9. The van der Waals surface area contributed by atoms with E-state index in [1.807, 2.05) is 62.4 Å². The van der Waals surface area contributed by atoms with Crippen LogP contribution in [0.4, 0.5) is 16.2 Å². The van der Waals surface area contributed by atoms with Crippen molar-refractivity contribution in [3.8, 4) is 5.75 Å². The maximum absolute atomic E-state index is 12.2. The van der Waals surface area contributed by atoms with Crippen LogP contribution < -0.4 is 15.4 Å². The molecule has 0 bridgehead atoms. The van der Waals surface area contributed by atoms with Crippen molar-refractivity contribution in [3.63, 3.8) is 0 Å². The number of carbonyl (C=O) groups excluding carboxylic acids is 1. The van der Waals surface area contributed by atoms with Gasteiger partial charge in [-0.25, -0.2) is 4.79 Å². The van der Waals surface area contributed by atoms with E-state index in [1.54, 1.807) is 0 Å². The highest BCUT2D eigenvalue weighted by Gasteiger charge is 2.09. The number of benzene rings is 2.